The molecule has 2 heteroatoms. The highest BCUT2D eigenvalue weighted by Crippen LogP contribution is 2.43. The minimum absolute atomic E-state index is 1.30. The molecular formula is C42H34S2. The standard InChI is InChI=1S/C42H34S2/c1-23-15-25(3)39(26(4)16-23)41-31-11-7-9-13-35(31)43-37-21-30-20-34-38(22-29(30)19-33(37)41)44-36-14-10-8-12-32(36)42(34)40-27(5)17-24(2)18-28(40)6/h7-22H,1-6H3. The molecule has 2 aliphatic heterocycles. The number of fused-ring (bicyclic) bond motifs is 5. The fourth-order valence-electron chi connectivity index (χ4n) is 7.61. The van der Waals surface area contributed by atoms with E-state index in [-0.39, 0.29) is 0 Å². The monoisotopic (exact) mass is 602 g/mol. The maximum atomic E-state index is 2.46. The maximum absolute atomic E-state index is 2.46. The molecule has 0 fully saturated rings. The summed E-state index contributed by atoms with van der Waals surface area (Å²) >= 11 is 3.81. The first-order valence-electron chi connectivity index (χ1n) is 15.3. The van der Waals surface area contributed by atoms with Crippen molar-refractivity contribution in [2.75, 3.05) is 0 Å². The van der Waals surface area contributed by atoms with Crippen LogP contribution >= 0.6 is 23.5 Å². The van der Waals surface area contributed by atoms with Gasteiger partial charge < -0.3 is 0 Å². The van der Waals surface area contributed by atoms with Crippen LogP contribution in [0, 0.1) is 41.5 Å². The van der Waals surface area contributed by atoms with Crippen LogP contribution in [0.25, 0.3) is 21.9 Å². The van der Waals surface area contributed by atoms with Crippen LogP contribution in [0.3, 0.4) is 0 Å². The number of aryl methyl sites for hydroxylation is 6. The molecule has 8 rings (SSSR count). The van der Waals surface area contributed by atoms with Gasteiger partial charge in [0.25, 0.3) is 0 Å². The highest BCUT2D eigenvalue weighted by atomic mass is 32.2. The second kappa shape index (κ2) is 10.3. The Kier molecular flexibility index (Phi) is 6.45. The van der Waals surface area contributed by atoms with Crippen molar-refractivity contribution in [2.24, 2.45) is 0 Å². The van der Waals surface area contributed by atoms with E-state index in [4.69, 9.17) is 0 Å². The molecule has 6 aromatic carbocycles. The van der Waals surface area contributed by atoms with E-state index in [1.54, 1.807) is 0 Å². The zero-order chi connectivity index (χ0) is 30.3. The summed E-state index contributed by atoms with van der Waals surface area (Å²) in [6.07, 6.45) is 0. The molecule has 0 unspecified atom stereocenters. The van der Waals surface area contributed by atoms with Gasteiger partial charge in [0.15, 0.2) is 0 Å². The molecule has 2 heterocycles. The average molecular weight is 603 g/mol. The fraction of sp³-hybridized carbons (Fsp3) is 0.143. The van der Waals surface area contributed by atoms with Crippen LogP contribution in [0.15, 0.2) is 117 Å². The first kappa shape index (κ1) is 27.6. The Balaban J connectivity index is 1.49. The normalized spacial score (nSPS) is 13.4. The molecule has 0 aliphatic carbocycles. The van der Waals surface area contributed by atoms with Crippen molar-refractivity contribution < 1.29 is 0 Å². The van der Waals surface area contributed by atoms with Gasteiger partial charge in [-0.05, 0) is 155 Å². The summed E-state index contributed by atoms with van der Waals surface area (Å²) in [5, 5.41) is 5.27. The number of hydrogen-bond acceptors (Lipinski definition) is 2. The average Bonchev–Trinajstić information content (AvgIpc) is 2.97. The minimum Gasteiger partial charge on any atom is -0.0888 e. The zero-order valence-corrected chi connectivity index (χ0v) is 27.7. The highest BCUT2D eigenvalue weighted by molar-refractivity contribution is 7.99. The second-order valence-corrected chi connectivity index (χ2v) is 14.7. The van der Waals surface area contributed by atoms with Gasteiger partial charge in [-0.3, -0.25) is 0 Å². The van der Waals surface area contributed by atoms with Crippen LogP contribution in [0.2, 0.25) is 0 Å². The predicted octanol–water partition coefficient (Wildman–Crippen LogP) is 10.1. The van der Waals surface area contributed by atoms with Crippen LogP contribution in [0.5, 0.6) is 0 Å². The summed E-state index contributed by atoms with van der Waals surface area (Å²) in [4.78, 5) is 5.32. The second-order valence-electron chi connectivity index (χ2n) is 12.5. The third-order valence-corrected chi connectivity index (χ3v) is 11.4. The van der Waals surface area contributed by atoms with Gasteiger partial charge in [-0.2, -0.15) is 0 Å². The van der Waals surface area contributed by atoms with Crippen LogP contribution in [-0.2, 0) is 0 Å². The summed E-state index contributed by atoms with van der Waals surface area (Å²) < 4.78 is 0. The lowest BCUT2D eigenvalue weighted by Crippen LogP contribution is -2.19. The van der Waals surface area contributed by atoms with E-state index >= 15 is 0 Å². The minimum atomic E-state index is 1.30. The molecule has 0 saturated heterocycles. The largest absolute Gasteiger partial charge is 0.0888 e. The van der Waals surface area contributed by atoms with Gasteiger partial charge in [0, 0.05) is 19.6 Å². The summed E-state index contributed by atoms with van der Waals surface area (Å²) in [5.41, 5.74) is 16.1. The number of benzene rings is 6. The first-order chi connectivity index (χ1) is 21.3. The van der Waals surface area contributed by atoms with E-state index in [1.807, 2.05) is 23.5 Å². The summed E-state index contributed by atoms with van der Waals surface area (Å²) in [5.74, 6) is 0. The van der Waals surface area contributed by atoms with E-state index in [2.05, 4.69) is 139 Å². The van der Waals surface area contributed by atoms with Gasteiger partial charge in [0.1, 0.15) is 0 Å². The molecular weight excluding hydrogens is 569 g/mol. The topological polar surface area (TPSA) is 0 Å². The molecule has 0 aromatic heterocycles. The van der Waals surface area contributed by atoms with Crippen molar-refractivity contribution in [3.63, 3.8) is 0 Å². The van der Waals surface area contributed by atoms with Crippen molar-refractivity contribution in [1.29, 1.82) is 0 Å². The van der Waals surface area contributed by atoms with Crippen molar-refractivity contribution in [3.8, 4) is 0 Å². The van der Waals surface area contributed by atoms with E-state index in [0.29, 0.717) is 0 Å². The van der Waals surface area contributed by atoms with E-state index in [9.17, 15) is 0 Å². The van der Waals surface area contributed by atoms with Gasteiger partial charge in [-0.25, -0.2) is 0 Å². The Labute approximate surface area is 268 Å². The first-order valence-corrected chi connectivity index (χ1v) is 17.0. The van der Waals surface area contributed by atoms with Crippen molar-refractivity contribution >= 4 is 45.4 Å². The van der Waals surface area contributed by atoms with Gasteiger partial charge in [-0.15, -0.1) is 0 Å². The van der Waals surface area contributed by atoms with Gasteiger partial charge >= 0.3 is 0 Å². The van der Waals surface area contributed by atoms with Crippen LogP contribution in [-0.4, -0.2) is 0 Å². The third-order valence-electron chi connectivity index (χ3n) is 9.18. The SMILES string of the molecule is Cc1cc(C)c(C2=c3cc4cc5c(cc4cc3Sc3ccccc32)=C(c2c(C)cc(C)cc2C)c2ccccc2S5)c(C)c1. The summed E-state index contributed by atoms with van der Waals surface area (Å²) in [6, 6.07) is 37.0. The Bertz CT molecular complexity index is 2130. The lowest BCUT2D eigenvalue weighted by atomic mass is 9.86. The molecule has 2 aliphatic rings. The van der Waals surface area contributed by atoms with Gasteiger partial charge in [0.05, 0.1) is 0 Å². The van der Waals surface area contributed by atoms with Crippen LogP contribution in [0.1, 0.15) is 55.6 Å². The van der Waals surface area contributed by atoms with Crippen molar-refractivity contribution in [3.05, 3.63) is 163 Å². The molecule has 0 N–H and O–H groups in total. The molecule has 0 amide bonds. The molecule has 0 radical (unpaired) electrons. The molecule has 0 saturated carbocycles. The molecule has 0 bridgehead atoms. The van der Waals surface area contributed by atoms with E-state index in [0.717, 1.165) is 0 Å². The van der Waals surface area contributed by atoms with E-state index in [1.165, 1.54) is 108 Å². The molecule has 6 aromatic rings. The van der Waals surface area contributed by atoms with Crippen molar-refractivity contribution in [1.82, 2.24) is 0 Å². The Morgan fingerprint density at radius 2 is 0.750 bits per heavy atom. The van der Waals surface area contributed by atoms with Gasteiger partial charge in [-0.1, -0.05) is 95.3 Å². The maximum Gasteiger partial charge on any atom is 0.0207 e. The quantitative estimate of drug-likeness (QED) is 0.193. The smallest absolute Gasteiger partial charge is 0.0207 e. The highest BCUT2D eigenvalue weighted by Gasteiger charge is 2.25. The van der Waals surface area contributed by atoms with E-state index < -0.39 is 0 Å². The molecule has 214 valence electrons. The predicted molar refractivity (Wildman–Crippen MR) is 189 cm³/mol. The van der Waals surface area contributed by atoms with Crippen molar-refractivity contribution in [2.45, 2.75) is 61.1 Å². The fourth-order valence-corrected chi connectivity index (χ4v) is 9.85. The Morgan fingerprint density at radius 3 is 1.14 bits per heavy atom. The summed E-state index contributed by atoms with van der Waals surface area (Å²) in [6.45, 7) is 13.5. The third kappa shape index (κ3) is 4.30. The van der Waals surface area contributed by atoms with Crippen LogP contribution < -0.4 is 10.4 Å². The lowest BCUT2D eigenvalue weighted by Gasteiger charge is -2.25. The number of hydrogen-bond donors (Lipinski definition) is 0. The zero-order valence-electron chi connectivity index (χ0n) is 26.1. The Hall–Kier alpha value is -3.98. The molecule has 0 atom stereocenters. The lowest BCUT2D eigenvalue weighted by molar-refractivity contribution is 1.22. The van der Waals surface area contributed by atoms with Gasteiger partial charge in [0.2, 0.25) is 0 Å². The molecule has 0 spiro atoms. The molecule has 0 nitrogen and oxygen atoms in total. The van der Waals surface area contributed by atoms with Crippen LogP contribution in [0.4, 0.5) is 0 Å². The summed E-state index contributed by atoms with van der Waals surface area (Å²) in [7, 11) is 0. The Morgan fingerprint density at radius 1 is 0.386 bits per heavy atom. The molecule has 44 heavy (non-hydrogen) atoms. The number of rotatable bonds is 2.